The van der Waals surface area contributed by atoms with Gasteiger partial charge in [0.15, 0.2) is 6.17 Å². The minimum absolute atomic E-state index is 0.236. The maximum absolute atomic E-state index is 10.4. The second kappa shape index (κ2) is 3.82. The van der Waals surface area contributed by atoms with E-state index in [0.717, 1.165) is 0 Å². The quantitative estimate of drug-likeness (QED) is 0.547. The summed E-state index contributed by atoms with van der Waals surface area (Å²) in [5, 5.41) is 10.4. The van der Waals surface area contributed by atoms with Gasteiger partial charge in [0.05, 0.1) is 16.1 Å². The number of allylic oxidation sites excluding steroid dienone is 1. The molecule has 0 spiro atoms. The van der Waals surface area contributed by atoms with E-state index in [1.807, 2.05) is 0 Å². The molecule has 64 valence electrons. The SMILES string of the molecule is O=S=C1C=CC=NC1NC(=O)O. The van der Waals surface area contributed by atoms with Crippen molar-refractivity contribution in [2.45, 2.75) is 6.17 Å². The molecule has 1 heterocycles. The number of rotatable bonds is 1. The summed E-state index contributed by atoms with van der Waals surface area (Å²) in [6.07, 6.45) is 2.63. The fourth-order valence-corrected chi connectivity index (χ4v) is 1.08. The highest BCUT2D eigenvalue weighted by molar-refractivity contribution is 7.67. The monoisotopic (exact) mass is 186 g/mol. The zero-order valence-electron chi connectivity index (χ0n) is 5.93. The molecule has 0 saturated heterocycles. The summed E-state index contributed by atoms with van der Waals surface area (Å²) in [7, 11) is 0. The summed E-state index contributed by atoms with van der Waals surface area (Å²) in [6, 6.07) is 0. The predicted octanol–water partition coefficient (Wildman–Crippen LogP) is -0.394. The lowest BCUT2D eigenvalue weighted by molar-refractivity contribution is 0.193. The highest BCUT2D eigenvalue weighted by Gasteiger charge is 2.15. The van der Waals surface area contributed by atoms with Gasteiger partial charge in [0.1, 0.15) is 0 Å². The molecule has 1 amide bonds. The average molecular weight is 186 g/mol. The van der Waals surface area contributed by atoms with Gasteiger partial charge < -0.3 is 5.11 Å². The number of nitrogens with one attached hydrogen (secondary N) is 1. The maximum Gasteiger partial charge on any atom is 0.406 e. The smallest absolute Gasteiger partial charge is 0.406 e. The minimum Gasteiger partial charge on any atom is -0.465 e. The first-order chi connectivity index (χ1) is 5.74. The van der Waals surface area contributed by atoms with E-state index in [1.165, 1.54) is 12.3 Å². The van der Waals surface area contributed by atoms with Gasteiger partial charge in [-0.1, -0.05) is 0 Å². The van der Waals surface area contributed by atoms with Gasteiger partial charge in [-0.25, -0.2) is 9.00 Å². The first-order valence-corrected chi connectivity index (χ1v) is 3.84. The number of carboxylic acid groups (broad SMARTS) is 1. The molecule has 5 nitrogen and oxygen atoms in total. The Morgan fingerprint density at radius 1 is 1.75 bits per heavy atom. The normalized spacial score (nSPS) is 20.7. The molecule has 1 aliphatic rings. The Balaban J connectivity index is 2.76. The van der Waals surface area contributed by atoms with Crippen LogP contribution in [0.4, 0.5) is 4.79 Å². The fraction of sp³-hybridized carbons (Fsp3) is 0.167. The van der Waals surface area contributed by atoms with E-state index in [-0.39, 0.29) is 11.3 Å². The lowest BCUT2D eigenvalue weighted by Crippen LogP contribution is -2.38. The van der Waals surface area contributed by atoms with E-state index in [2.05, 4.69) is 10.3 Å². The molecule has 1 aliphatic heterocycles. The second-order valence-electron chi connectivity index (χ2n) is 1.99. The third kappa shape index (κ3) is 2.03. The molecule has 6 heteroatoms. The number of hydrogen-bond donors (Lipinski definition) is 2. The summed E-state index contributed by atoms with van der Waals surface area (Å²) in [5.74, 6) is 0. The van der Waals surface area contributed by atoms with Crippen molar-refractivity contribution in [3.63, 3.8) is 0 Å². The molecule has 0 saturated carbocycles. The van der Waals surface area contributed by atoms with E-state index >= 15 is 0 Å². The van der Waals surface area contributed by atoms with Gasteiger partial charge in [-0.3, -0.25) is 10.3 Å². The second-order valence-corrected chi connectivity index (χ2v) is 2.63. The van der Waals surface area contributed by atoms with Crippen molar-refractivity contribution in [1.29, 1.82) is 0 Å². The Morgan fingerprint density at radius 2 is 2.50 bits per heavy atom. The largest absolute Gasteiger partial charge is 0.465 e. The van der Waals surface area contributed by atoms with Crippen LogP contribution in [-0.4, -0.2) is 32.7 Å². The average Bonchev–Trinajstić information content (AvgIpc) is 2.04. The summed E-state index contributed by atoms with van der Waals surface area (Å²) < 4.78 is 10.4. The molecule has 1 unspecified atom stereocenters. The van der Waals surface area contributed by atoms with Crippen molar-refractivity contribution in [3.8, 4) is 0 Å². The number of hydrogen-bond acceptors (Lipinski definition) is 3. The summed E-state index contributed by atoms with van der Waals surface area (Å²) in [4.78, 5) is 14.3. The Hall–Kier alpha value is -1.43. The molecular formula is C6H6N2O3S. The van der Waals surface area contributed by atoms with Gasteiger partial charge in [-0.2, -0.15) is 0 Å². The fourth-order valence-electron chi connectivity index (χ4n) is 0.737. The number of nitrogens with zero attached hydrogens (tertiary/aromatic N) is 1. The van der Waals surface area contributed by atoms with Crippen molar-refractivity contribution in [3.05, 3.63) is 12.2 Å². The van der Waals surface area contributed by atoms with Crippen molar-refractivity contribution >= 4 is 28.4 Å². The van der Waals surface area contributed by atoms with Crippen molar-refractivity contribution in [2.75, 3.05) is 0 Å². The Bertz CT molecular complexity index is 304. The van der Waals surface area contributed by atoms with Crippen LogP contribution in [0.25, 0.3) is 0 Å². The van der Waals surface area contributed by atoms with E-state index in [4.69, 9.17) is 5.11 Å². The molecule has 0 aromatic carbocycles. The van der Waals surface area contributed by atoms with Crippen LogP contribution in [0.3, 0.4) is 0 Å². The molecule has 12 heavy (non-hydrogen) atoms. The molecule has 0 fully saturated rings. The Morgan fingerprint density at radius 3 is 3.08 bits per heavy atom. The molecule has 1 rings (SSSR count). The van der Waals surface area contributed by atoms with Crippen LogP contribution in [0.15, 0.2) is 17.1 Å². The van der Waals surface area contributed by atoms with Crippen LogP contribution in [0, 0.1) is 0 Å². The van der Waals surface area contributed by atoms with Crippen LogP contribution < -0.4 is 5.32 Å². The highest BCUT2D eigenvalue weighted by Crippen LogP contribution is 1.95. The van der Waals surface area contributed by atoms with Gasteiger partial charge in [-0.05, 0) is 12.2 Å². The molecular weight excluding hydrogens is 180 g/mol. The van der Waals surface area contributed by atoms with Crippen LogP contribution in [0.5, 0.6) is 0 Å². The van der Waals surface area contributed by atoms with Crippen molar-refractivity contribution in [2.24, 2.45) is 4.99 Å². The molecule has 0 aromatic rings. The first-order valence-electron chi connectivity index (χ1n) is 3.10. The highest BCUT2D eigenvalue weighted by atomic mass is 32.1. The standard InChI is InChI=1S/C6H6N2O3S/c9-6(10)8-5-4(12-11)2-1-3-7-5/h1-3,5,8H,(H,9,10). The van der Waals surface area contributed by atoms with Gasteiger partial charge in [0, 0.05) is 6.21 Å². The molecule has 0 radical (unpaired) electrons. The van der Waals surface area contributed by atoms with E-state index in [1.54, 1.807) is 6.08 Å². The molecule has 0 bridgehead atoms. The number of aliphatic imine (C=N–C) groups is 1. The predicted molar refractivity (Wildman–Crippen MR) is 45.7 cm³/mol. The number of amides is 1. The Kier molecular flexibility index (Phi) is 2.76. The molecule has 2 N–H and O–H groups in total. The first kappa shape index (κ1) is 8.66. The zero-order valence-corrected chi connectivity index (χ0v) is 6.75. The topological polar surface area (TPSA) is 78.8 Å². The van der Waals surface area contributed by atoms with Crippen LogP contribution in [0.2, 0.25) is 0 Å². The van der Waals surface area contributed by atoms with Crippen LogP contribution in [-0.2, 0) is 11.3 Å². The summed E-state index contributed by atoms with van der Waals surface area (Å²) in [6.45, 7) is 0. The van der Waals surface area contributed by atoms with E-state index < -0.39 is 12.3 Å². The number of carbonyl (C=O) groups is 1. The number of dihydropyridines is 1. The van der Waals surface area contributed by atoms with Crippen LogP contribution in [0.1, 0.15) is 0 Å². The summed E-state index contributed by atoms with van der Waals surface area (Å²) in [5.41, 5.74) is 0. The maximum atomic E-state index is 10.4. The van der Waals surface area contributed by atoms with Crippen molar-refractivity contribution in [1.82, 2.24) is 5.32 Å². The third-order valence-corrected chi connectivity index (χ3v) is 1.76. The lowest BCUT2D eigenvalue weighted by Gasteiger charge is -2.11. The van der Waals surface area contributed by atoms with Gasteiger partial charge >= 0.3 is 6.09 Å². The van der Waals surface area contributed by atoms with E-state index in [0.29, 0.717) is 4.86 Å². The Labute approximate surface area is 71.9 Å². The molecule has 1 atom stereocenters. The van der Waals surface area contributed by atoms with Gasteiger partial charge in [-0.15, -0.1) is 0 Å². The zero-order chi connectivity index (χ0) is 8.97. The van der Waals surface area contributed by atoms with Crippen LogP contribution >= 0.6 is 0 Å². The third-order valence-electron chi connectivity index (χ3n) is 1.21. The van der Waals surface area contributed by atoms with Gasteiger partial charge in [0.2, 0.25) is 0 Å². The summed E-state index contributed by atoms with van der Waals surface area (Å²) >= 11 is 0.236. The molecule has 0 aromatic heterocycles. The molecule has 0 aliphatic carbocycles. The minimum atomic E-state index is -1.20. The van der Waals surface area contributed by atoms with E-state index in [9.17, 15) is 9.00 Å². The lowest BCUT2D eigenvalue weighted by atomic mass is 10.3. The van der Waals surface area contributed by atoms with Crippen molar-refractivity contribution < 1.29 is 14.1 Å². The van der Waals surface area contributed by atoms with Gasteiger partial charge in [0.25, 0.3) is 0 Å².